The normalized spacial score (nSPS) is 16.5. The van der Waals surface area contributed by atoms with E-state index in [1.54, 1.807) is 29.4 Å². The van der Waals surface area contributed by atoms with E-state index in [0.29, 0.717) is 35.4 Å². The molecule has 2 amide bonds. The smallest absolute Gasteiger partial charge is 0.225 e. The topological polar surface area (TPSA) is 75.7 Å². The first kappa shape index (κ1) is 18.4. The van der Waals surface area contributed by atoms with Gasteiger partial charge in [-0.05, 0) is 48.5 Å². The maximum atomic E-state index is 12.5. The molecule has 1 aliphatic rings. The minimum atomic E-state index is -0.367. The first-order valence-electron chi connectivity index (χ1n) is 9.01. The number of carbonyl (C=O) groups excluding carboxylic acids is 2. The van der Waals surface area contributed by atoms with E-state index in [1.165, 1.54) is 0 Å². The summed E-state index contributed by atoms with van der Waals surface area (Å²) in [7, 11) is 0. The molecule has 3 heterocycles. The van der Waals surface area contributed by atoms with Crippen LogP contribution in [0.3, 0.4) is 0 Å². The molecule has 1 aromatic carbocycles. The molecule has 144 valence electrons. The second kappa shape index (κ2) is 7.94. The molecule has 0 aliphatic carbocycles. The molecule has 28 heavy (non-hydrogen) atoms. The Bertz CT molecular complexity index is 963. The van der Waals surface area contributed by atoms with Crippen LogP contribution in [0.25, 0.3) is 11.3 Å². The van der Waals surface area contributed by atoms with E-state index < -0.39 is 0 Å². The SMILES string of the molecule is O=C(NCc1ccc(-c2ccc(Cl)cc2)o1)[C@H]1CC(=O)N(Cc2ccco2)C1. The van der Waals surface area contributed by atoms with Crippen LogP contribution < -0.4 is 5.32 Å². The van der Waals surface area contributed by atoms with Crippen molar-refractivity contribution in [3.63, 3.8) is 0 Å². The average molecular weight is 399 g/mol. The molecule has 0 spiro atoms. The summed E-state index contributed by atoms with van der Waals surface area (Å²) in [4.78, 5) is 26.3. The van der Waals surface area contributed by atoms with Crippen molar-refractivity contribution in [3.8, 4) is 11.3 Å². The number of nitrogens with one attached hydrogen (secondary N) is 1. The zero-order valence-corrected chi connectivity index (χ0v) is 15.8. The van der Waals surface area contributed by atoms with Crippen LogP contribution in [-0.4, -0.2) is 23.3 Å². The lowest BCUT2D eigenvalue weighted by Gasteiger charge is -2.14. The first-order chi connectivity index (χ1) is 13.6. The Kier molecular flexibility index (Phi) is 5.21. The monoisotopic (exact) mass is 398 g/mol. The lowest BCUT2D eigenvalue weighted by atomic mass is 10.1. The van der Waals surface area contributed by atoms with Gasteiger partial charge in [-0.1, -0.05) is 11.6 Å². The van der Waals surface area contributed by atoms with Crippen LogP contribution in [-0.2, 0) is 22.7 Å². The van der Waals surface area contributed by atoms with Gasteiger partial charge in [0, 0.05) is 23.6 Å². The van der Waals surface area contributed by atoms with E-state index in [2.05, 4.69) is 5.32 Å². The zero-order valence-electron chi connectivity index (χ0n) is 15.1. The molecule has 1 aliphatic heterocycles. The third-order valence-electron chi connectivity index (χ3n) is 4.74. The fourth-order valence-electron chi connectivity index (χ4n) is 3.25. The minimum absolute atomic E-state index is 0.0421. The minimum Gasteiger partial charge on any atom is -0.467 e. The molecule has 1 N–H and O–H groups in total. The predicted molar refractivity (Wildman–Crippen MR) is 103 cm³/mol. The van der Waals surface area contributed by atoms with Crippen molar-refractivity contribution in [1.82, 2.24) is 10.2 Å². The van der Waals surface area contributed by atoms with Crippen LogP contribution in [0.15, 0.2) is 63.6 Å². The van der Waals surface area contributed by atoms with Gasteiger partial charge in [-0.15, -0.1) is 0 Å². The average Bonchev–Trinajstić information content (AvgIpc) is 3.43. The molecular formula is C21H19ClN2O4. The second-order valence-electron chi connectivity index (χ2n) is 6.75. The third-order valence-corrected chi connectivity index (χ3v) is 4.99. The van der Waals surface area contributed by atoms with Crippen LogP contribution in [0.1, 0.15) is 17.9 Å². The third kappa shape index (κ3) is 4.12. The van der Waals surface area contributed by atoms with Gasteiger partial charge in [0.05, 0.1) is 25.3 Å². The summed E-state index contributed by atoms with van der Waals surface area (Å²) in [6.45, 7) is 1.05. The molecule has 1 fully saturated rings. The Balaban J connectivity index is 1.31. The highest BCUT2D eigenvalue weighted by Crippen LogP contribution is 2.24. The van der Waals surface area contributed by atoms with E-state index in [-0.39, 0.29) is 30.7 Å². The molecule has 2 aromatic heterocycles. The van der Waals surface area contributed by atoms with Gasteiger partial charge in [0.25, 0.3) is 0 Å². The van der Waals surface area contributed by atoms with Crippen molar-refractivity contribution in [2.45, 2.75) is 19.5 Å². The van der Waals surface area contributed by atoms with Gasteiger partial charge >= 0.3 is 0 Å². The molecule has 1 saturated heterocycles. The molecule has 0 unspecified atom stereocenters. The molecule has 1 atom stereocenters. The highest BCUT2D eigenvalue weighted by molar-refractivity contribution is 6.30. The van der Waals surface area contributed by atoms with E-state index >= 15 is 0 Å². The fraction of sp³-hybridized carbons (Fsp3) is 0.238. The van der Waals surface area contributed by atoms with Crippen molar-refractivity contribution in [1.29, 1.82) is 0 Å². The van der Waals surface area contributed by atoms with Crippen molar-refractivity contribution >= 4 is 23.4 Å². The maximum Gasteiger partial charge on any atom is 0.225 e. The second-order valence-corrected chi connectivity index (χ2v) is 7.18. The van der Waals surface area contributed by atoms with Crippen LogP contribution >= 0.6 is 11.6 Å². The highest BCUT2D eigenvalue weighted by Gasteiger charge is 2.34. The summed E-state index contributed by atoms with van der Waals surface area (Å²) in [6, 6.07) is 14.6. The lowest BCUT2D eigenvalue weighted by Crippen LogP contribution is -2.32. The molecule has 3 aromatic rings. The van der Waals surface area contributed by atoms with E-state index in [4.69, 9.17) is 20.4 Å². The van der Waals surface area contributed by atoms with E-state index in [1.807, 2.05) is 30.3 Å². The summed E-state index contributed by atoms with van der Waals surface area (Å²) in [5.41, 5.74) is 0.914. The van der Waals surface area contributed by atoms with Gasteiger partial charge < -0.3 is 19.1 Å². The number of nitrogens with zero attached hydrogens (tertiary/aromatic N) is 1. The van der Waals surface area contributed by atoms with Gasteiger partial charge in [-0.25, -0.2) is 0 Å². The number of furan rings is 2. The van der Waals surface area contributed by atoms with Crippen LogP contribution in [0.2, 0.25) is 5.02 Å². The molecular weight excluding hydrogens is 380 g/mol. The number of halogens is 1. The summed E-state index contributed by atoms with van der Waals surface area (Å²) >= 11 is 5.90. The summed E-state index contributed by atoms with van der Waals surface area (Å²) < 4.78 is 11.1. The molecule has 0 saturated carbocycles. The zero-order chi connectivity index (χ0) is 19.5. The van der Waals surface area contributed by atoms with Gasteiger partial charge in [-0.3, -0.25) is 9.59 Å². The van der Waals surface area contributed by atoms with Crippen molar-refractivity contribution < 1.29 is 18.4 Å². The van der Waals surface area contributed by atoms with E-state index in [0.717, 1.165) is 5.56 Å². The quantitative estimate of drug-likeness (QED) is 0.684. The van der Waals surface area contributed by atoms with Crippen LogP contribution in [0.5, 0.6) is 0 Å². The predicted octanol–water partition coefficient (Wildman–Crippen LogP) is 3.86. The van der Waals surface area contributed by atoms with Crippen LogP contribution in [0.4, 0.5) is 0 Å². The number of amides is 2. The number of likely N-dealkylation sites (tertiary alicyclic amines) is 1. The van der Waals surface area contributed by atoms with Crippen molar-refractivity contribution in [2.24, 2.45) is 5.92 Å². The van der Waals surface area contributed by atoms with Gasteiger partial charge in [0.15, 0.2) is 0 Å². The Morgan fingerprint density at radius 3 is 2.71 bits per heavy atom. The van der Waals surface area contributed by atoms with Crippen molar-refractivity contribution in [3.05, 3.63) is 71.3 Å². The number of rotatable bonds is 6. The van der Waals surface area contributed by atoms with E-state index in [9.17, 15) is 9.59 Å². The first-order valence-corrected chi connectivity index (χ1v) is 9.39. The number of carbonyl (C=O) groups is 2. The van der Waals surface area contributed by atoms with Crippen LogP contribution in [0, 0.1) is 5.92 Å². The Hall–Kier alpha value is -2.99. The van der Waals surface area contributed by atoms with Gasteiger partial charge in [0.1, 0.15) is 17.3 Å². The molecule has 0 radical (unpaired) electrons. The van der Waals surface area contributed by atoms with Gasteiger partial charge in [-0.2, -0.15) is 0 Å². The molecule has 0 bridgehead atoms. The fourth-order valence-corrected chi connectivity index (χ4v) is 3.38. The Labute approximate surface area is 167 Å². The molecule has 7 heteroatoms. The summed E-state index contributed by atoms with van der Waals surface area (Å²) in [5.74, 6) is 1.50. The highest BCUT2D eigenvalue weighted by atomic mass is 35.5. The van der Waals surface area contributed by atoms with Gasteiger partial charge in [0.2, 0.25) is 11.8 Å². The molecule has 4 rings (SSSR count). The maximum absolute atomic E-state index is 12.5. The number of hydrogen-bond donors (Lipinski definition) is 1. The summed E-state index contributed by atoms with van der Waals surface area (Å²) in [6.07, 6.45) is 1.78. The standard InChI is InChI=1S/C21H19ClN2O4/c22-16-5-3-14(4-6-16)19-8-7-17(28-19)11-23-21(26)15-10-20(25)24(12-15)13-18-2-1-9-27-18/h1-9,15H,10-13H2,(H,23,26)/t15-/m0/s1. The summed E-state index contributed by atoms with van der Waals surface area (Å²) in [5, 5.41) is 3.52. The number of hydrogen-bond acceptors (Lipinski definition) is 4. The van der Waals surface area contributed by atoms with Crippen molar-refractivity contribution in [2.75, 3.05) is 6.54 Å². The molecule has 6 nitrogen and oxygen atoms in total. The number of benzene rings is 1. The Morgan fingerprint density at radius 2 is 1.96 bits per heavy atom. The largest absolute Gasteiger partial charge is 0.467 e. The lowest BCUT2D eigenvalue weighted by molar-refractivity contribution is -0.129. The Morgan fingerprint density at radius 1 is 1.14 bits per heavy atom.